The second kappa shape index (κ2) is 6.39. The molecule has 1 nitrogen and oxygen atoms in total. The number of benzene rings is 1. The van der Waals surface area contributed by atoms with Crippen LogP contribution in [0.4, 0.5) is 13.2 Å². The summed E-state index contributed by atoms with van der Waals surface area (Å²) in [6.45, 7) is 11.7. The number of halogens is 3. The first-order valence-electron chi connectivity index (χ1n) is 7.46. The third-order valence-electron chi connectivity index (χ3n) is 3.84. The molecule has 0 unspecified atom stereocenters. The Bertz CT molecular complexity index is 458. The predicted molar refractivity (Wildman–Crippen MR) is 81.7 cm³/mol. The van der Waals surface area contributed by atoms with Crippen molar-refractivity contribution < 1.29 is 13.2 Å². The Morgan fingerprint density at radius 1 is 0.810 bits per heavy atom. The van der Waals surface area contributed by atoms with Gasteiger partial charge in [0.05, 0.1) is 0 Å². The van der Waals surface area contributed by atoms with Crippen molar-refractivity contribution in [2.24, 2.45) is 5.73 Å². The van der Waals surface area contributed by atoms with E-state index < -0.39 is 12.2 Å². The van der Waals surface area contributed by atoms with Gasteiger partial charge in [-0.25, -0.2) is 0 Å². The summed E-state index contributed by atoms with van der Waals surface area (Å²) in [5.74, 6) is 0.283. The molecule has 1 aromatic carbocycles. The molecule has 0 radical (unpaired) electrons. The van der Waals surface area contributed by atoms with Crippen LogP contribution in [0.5, 0.6) is 0 Å². The second-order valence-electron chi connectivity index (χ2n) is 6.60. The van der Waals surface area contributed by atoms with Gasteiger partial charge < -0.3 is 5.73 Å². The van der Waals surface area contributed by atoms with Gasteiger partial charge in [0.2, 0.25) is 0 Å². The van der Waals surface area contributed by atoms with Gasteiger partial charge in [0.25, 0.3) is 0 Å². The maximum Gasteiger partial charge on any atom is 0.407 e. The average Bonchev–Trinajstić information content (AvgIpc) is 2.34. The van der Waals surface area contributed by atoms with Gasteiger partial charge in [-0.05, 0) is 40.0 Å². The average molecular weight is 301 g/mol. The number of hydrogen-bond acceptors (Lipinski definition) is 1. The number of rotatable bonds is 4. The molecule has 0 saturated heterocycles. The fourth-order valence-corrected chi connectivity index (χ4v) is 2.53. The van der Waals surface area contributed by atoms with Crippen molar-refractivity contribution in [3.8, 4) is 0 Å². The highest BCUT2D eigenvalue weighted by atomic mass is 19.4. The molecule has 4 heteroatoms. The van der Waals surface area contributed by atoms with Gasteiger partial charge in [0.1, 0.15) is 6.04 Å². The summed E-state index contributed by atoms with van der Waals surface area (Å²) in [4.78, 5) is 0. The van der Waals surface area contributed by atoms with E-state index in [4.69, 9.17) is 5.73 Å². The third-order valence-corrected chi connectivity index (χ3v) is 3.84. The van der Waals surface area contributed by atoms with Crippen molar-refractivity contribution in [1.29, 1.82) is 0 Å². The molecule has 0 aliphatic heterocycles. The smallest absolute Gasteiger partial charge is 0.316 e. The lowest BCUT2D eigenvalue weighted by atomic mass is 9.81. The number of alkyl halides is 3. The Hall–Kier alpha value is -1.03. The van der Waals surface area contributed by atoms with Gasteiger partial charge in [0, 0.05) is 0 Å². The molecule has 0 fully saturated rings. The molecule has 0 aromatic heterocycles. The summed E-state index contributed by atoms with van der Waals surface area (Å²) < 4.78 is 39.5. The maximum absolute atomic E-state index is 13.2. The van der Waals surface area contributed by atoms with Crippen molar-refractivity contribution in [2.75, 3.05) is 0 Å². The largest absolute Gasteiger partial charge is 0.407 e. The minimum absolute atomic E-state index is 0.00426. The highest BCUT2D eigenvalue weighted by Gasteiger charge is 2.40. The van der Waals surface area contributed by atoms with Crippen molar-refractivity contribution in [3.63, 3.8) is 0 Å². The molecule has 0 aliphatic carbocycles. The maximum atomic E-state index is 13.2. The predicted octanol–water partition coefficient (Wildman–Crippen LogP) is 5.62. The van der Waals surface area contributed by atoms with Gasteiger partial charge in [-0.1, -0.05) is 53.7 Å². The Balaban J connectivity index is 3.65. The molecular weight excluding hydrogens is 275 g/mol. The van der Waals surface area contributed by atoms with E-state index in [1.54, 1.807) is 0 Å². The topological polar surface area (TPSA) is 26.0 Å². The van der Waals surface area contributed by atoms with Crippen LogP contribution in [0.1, 0.15) is 87.6 Å². The first kappa shape index (κ1) is 18.0. The fourth-order valence-electron chi connectivity index (χ4n) is 2.53. The standard InChI is InChI=1S/C17H26F3N/c1-9(2)12-7-13(10(3)4)15(14(8-12)11(5)6)16(21)17(18,19)20/h7-11,16H,21H2,1-6H3/t16-/m1/s1. The summed E-state index contributed by atoms with van der Waals surface area (Å²) in [5, 5.41) is 0. The Morgan fingerprint density at radius 2 is 1.19 bits per heavy atom. The first-order chi connectivity index (χ1) is 9.46. The quantitative estimate of drug-likeness (QED) is 0.767. The first-order valence-corrected chi connectivity index (χ1v) is 7.46. The van der Waals surface area contributed by atoms with Crippen LogP contribution in [0.2, 0.25) is 0 Å². The normalized spacial score (nSPS) is 14.3. The molecule has 0 bridgehead atoms. The van der Waals surface area contributed by atoms with Crippen LogP contribution in [0.15, 0.2) is 12.1 Å². The highest BCUT2D eigenvalue weighted by molar-refractivity contribution is 5.45. The SMILES string of the molecule is CC(C)c1cc(C(C)C)c([C@@H](N)C(F)(F)F)c(C(C)C)c1. The van der Waals surface area contributed by atoms with Crippen LogP contribution in [0.25, 0.3) is 0 Å². The zero-order valence-electron chi connectivity index (χ0n) is 13.7. The van der Waals surface area contributed by atoms with E-state index in [0.717, 1.165) is 16.7 Å². The molecule has 0 heterocycles. The highest BCUT2D eigenvalue weighted by Crippen LogP contribution is 2.40. The van der Waals surface area contributed by atoms with Gasteiger partial charge in [0.15, 0.2) is 0 Å². The summed E-state index contributed by atoms with van der Waals surface area (Å²) in [5.41, 5.74) is 8.32. The Kier molecular flexibility index (Phi) is 5.48. The molecule has 0 amide bonds. The minimum atomic E-state index is -4.42. The molecule has 0 spiro atoms. The van der Waals surface area contributed by atoms with E-state index in [1.165, 1.54) is 0 Å². The molecule has 2 N–H and O–H groups in total. The number of nitrogens with two attached hydrogens (primary N) is 1. The summed E-state index contributed by atoms with van der Waals surface area (Å²) in [7, 11) is 0. The second-order valence-corrected chi connectivity index (χ2v) is 6.60. The molecule has 120 valence electrons. The van der Waals surface area contributed by atoms with Crippen LogP contribution in [0.3, 0.4) is 0 Å². The fraction of sp³-hybridized carbons (Fsp3) is 0.647. The summed E-state index contributed by atoms with van der Waals surface area (Å²) in [6, 6.07) is 1.86. The van der Waals surface area contributed by atoms with Gasteiger partial charge in [-0.15, -0.1) is 0 Å². The molecule has 1 rings (SSSR count). The van der Waals surface area contributed by atoms with Gasteiger partial charge in [-0.2, -0.15) is 13.2 Å². The molecule has 0 aliphatic rings. The van der Waals surface area contributed by atoms with E-state index in [2.05, 4.69) is 0 Å². The van der Waals surface area contributed by atoms with Crippen LogP contribution >= 0.6 is 0 Å². The third kappa shape index (κ3) is 4.00. The van der Waals surface area contributed by atoms with Crippen LogP contribution in [-0.4, -0.2) is 6.18 Å². The minimum Gasteiger partial charge on any atom is -0.316 e. The lowest BCUT2D eigenvalue weighted by Gasteiger charge is -2.27. The van der Waals surface area contributed by atoms with Crippen LogP contribution in [-0.2, 0) is 0 Å². The molecule has 0 saturated carbocycles. The van der Waals surface area contributed by atoms with Crippen LogP contribution in [0, 0.1) is 0 Å². The Labute approximate surface area is 125 Å². The summed E-state index contributed by atoms with van der Waals surface area (Å²) >= 11 is 0. The number of hydrogen-bond donors (Lipinski definition) is 1. The van der Waals surface area contributed by atoms with Gasteiger partial charge in [-0.3, -0.25) is 0 Å². The van der Waals surface area contributed by atoms with Gasteiger partial charge >= 0.3 is 6.18 Å². The molecule has 1 atom stereocenters. The Morgan fingerprint density at radius 3 is 1.43 bits per heavy atom. The van der Waals surface area contributed by atoms with Crippen molar-refractivity contribution in [2.45, 2.75) is 71.5 Å². The van der Waals surface area contributed by atoms with E-state index in [0.29, 0.717) is 0 Å². The van der Waals surface area contributed by atoms with E-state index in [1.807, 2.05) is 53.7 Å². The van der Waals surface area contributed by atoms with Crippen LogP contribution < -0.4 is 5.73 Å². The molecule has 21 heavy (non-hydrogen) atoms. The zero-order valence-corrected chi connectivity index (χ0v) is 13.7. The van der Waals surface area contributed by atoms with E-state index >= 15 is 0 Å². The monoisotopic (exact) mass is 301 g/mol. The van der Waals surface area contributed by atoms with Crippen molar-refractivity contribution >= 4 is 0 Å². The molecule has 1 aromatic rings. The lowest BCUT2D eigenvalue weighted by molar-refractivity contribution is -0.149. The van der Waals surface area contributed by atoms with Crippen molar-refractivity contribution in [1.82, 2.24) is 0 Å². The van der Waals surface area contributed by atoms with Crippen molar-refractivity contribution in [3.05, 3.63) is 34.4 Å². The molecular formula is C17H26F3N. The zero-order chi connectivity index (χ0) is 16.5. The van der Waals surface area contributed by atoms with E-state index in [-0.39, 0.29) is 23.3 Å². The van der Waals surface area contributed by atoms with E-state index in [9.17, 15) is 13.2 Å². The summed E-state index contributed by atoms with van der Waals surface area (Å²) in [6.07, 6.45) is -4.42. The lowest BCUT2D eigenvalue weighted by Crippen LogP contribution is -2.31.